The third-order valence-electron chi connectivity index (χ3n) is 3.53. The quantitative estimate of drug-likeness (QED) is 0.758. The first kappa shape index (κ1) is 18.3. The monoisotopic (exact) mass is 349 g/mol. The highest BCUT2D eigenvalue weighted by molar-refractivity contribution is 6.32. The van der Waals surface area contributed by atoms with Gasteiger partial charge in [0, 0.05) is 18.8 Å². The SMILES string of the molecule is CC.CNc1ncc(Cl)c(NC2=CCCC=C2C(=O)NC2CC2)n1. The van der Waals surface area contributed by atoms with E-state index in [2.05, 4.69) is 25.9 Å². The van der Waals surface area contributed by atoms with E-state index in [1.165, 1.54) is 6.20 Å². The lowest BCUT2D eigenvalue weighted by Crippen LogP contribution is -2.29. The second-order valence-corrected chi connectivity index (χ2v) is 5.73. The fraction of sp³-hybridized carbons (Fsp3) is 0.471. The zero-order chi connectivity index (χ0) is 17.5. The number of nitrogens with one attached hydrogen (secondary N) is 3. The largest absolute Gasteiger partial charge is 0.357 e. The fourth-order valence-electron chi connectivity index (χ4n) is 2.20. The van der Waals surface area contributed by atoms with Crippen LogP contribution in [0.25, 0.3) is 0 Å². The minimum atomic E-state index is -0.0417. The van der Waals surface area contributed by atoms with Gasteiger partial charge in [-0.25, -0.2) is 4.98 Å². The summed E-state index contributed by atoms with van der Waals surface area (Å²) in [5.41, 5.74) is 1.39. The molecule has 1 fully saturated rings. The summed E-state index contributed by atoms with van der Waals surface area (Å²) in [4.78, 5) is 20.7. The number of nitrogens with zero attached hydrogens (tertiary/aromatic N) is 2. The van der Waals surface area contributed by atoms with Gasteiger partial charge in [-0.05, 0) is 25.7 Å². The van der Waals surface area contributed by atoms with Crippen LogP contribution in [0.2, 0.25) is 5.02 Å². The summed E-state index contributed by atoms with van der Waals surface area (Å²) in [7, 11) is 1.74. The van der Waals surface area contributed by atoms with E-state index in [1.807, 2.05) is 26.0 Å². The zero-order valence-corrected chi connectivity index (χ0v) is 15.1. The molecule has 0 spiro atoms. The van der Waals surface area contributed by atoms with Crippen molar-refractivity contribution in [2.45, 2.75) is 45.6 Å². The molecule has 0 radical (unpaired) electrons. The van der Waals surface area contributed by atoms with Crippen LogP contribution in [0.3, 0.4) is 0 Å². The topological polar surface area (TPSA) is 78.9 Å². The Labute approximate surface area is 147 Å². The minimum absolute atomic E-state index is 0.0417. The Balaban J connectivity index is 0.00000100. The third-order valence-corrected chi connectivity index (χ3v) is 3.81. The third kappa shape index (κ3) is 4.71. The molecular formula is C17H24ClN5O. The highest BCUT2D eigenvalue weighted by atomic mass is 35.5. The normalized spacial score (nSPS) is 16.2. The van der Waals surface area contributed by atoms with E-state index in [-0.39, 0.29) is 5.91 Å². The fourth-order valence-corrected chi connectivity index (χ4v) is 2.34. The first-order valence-corrected chi connectivity index (χ1v) is 8.74. The Bertz CT molecular complexity index is 652. The van der Waals surface area contributed by atoms with Gasteiger partial charge < -0.3 is 16.0 Å². The maximum Gasteiger partial charge on any atom is 0.253 e. The average molecular weight is 350 g/mol. The molecule has 2 aliphatic carbocycles. The predicted octanol–water partition coefficient (Wildman–Crippen LogP) is 3.49. The van der Waals surface area contributed by atoms with Crippen molar-refractivity contribution in [3.05, 3.63) is 34.6 Å². The number of hydrogen-bond acceptors (Lipinski definition) is 5. The van der Waals surface area contributed by atoms with Gasteiger partial charge >= 0.3 is 0 Å². The van der Waals surface area contributed by atoms with E-state index in [9.17, 15) is 4.79 Å². The molecule has 1 heterocycles. The summed E-state index contributed by atoms with van der Waals surface area (Å²) in [6.07, 6.45) is 9.35. The number of carbonyl (C=O) groups excluding carboxylic acids is 1. The van der Waals surface area contributed by atoms with Crippen molar-refractivity contribution < 1.29 is 4.79 Å². The molecule has 3 N–H and O–H groups in total. The Kier molecular flexibility index (Phi) is 6.61. The number of hydrogen-bond donors (Lipinski definition) is 3. The van der Waals surface area contributed by atoms with Gasteiger partial charge in [-0.3, -0.25) is 4.79 Å². The van der Waals surface area contributed by atoms with E-state index >= 15 is 0 Å². The van der Waals surface area contributed by atoms with Crippen molar-refractivity contribution >= 4 is 29.3 Å². The molecular weight excluding hydrogens is 326 g/mol. The molecule has 0 unspecified atom stereocenters. The van der Waals surface area contributed by atoms with Gasteiger partial charge in [-0.15, -0.1) is 0 Å². The molecule has 2 aliphatic rings. The molecule has 0 aromatic carbocycles. The summed E-state index contributed by atoms with van der Waals surface area (Å²) >= 11 is 6.13. The second kappa shape index (κ2) is 8.68. The van der Waals surface area contributed by atoms with Gasteiger partial charge in [0.1, 0.15) is 5.02 Å². The first-order chi connectivity index (χ1) is 11.7. The van der Waals surface area contributed by atoms with E-state index in [1.54, 1.807) is 7.05 Å². The summed E-state index contributed by atoms with van der Waals surface area (Å²) in [6.45, 7) is 4.00. The van der Waals surface area contributed by atoms with Crippen molar-refractivity contribution in [1.82, 2.24) is 15.3 Å². The number of carbonyl (C=O) groups is 1. The van der Waals surface area contributed by atoms with Crippen molar-refractivity contribution in [1.29, 1.82) is 0 Å². The van der Waals surface area contributed by atoms with Crippen molar-refractivity contribution in [3.63, 3.8) is 0 Å². The van der Waals surface area contributed by atoms with Gasteiger partial charge in [0.05, 0.1) is 11.8 Å². The molecule has 6 nitrogen and oxygen atoms in total. The Morgan fingerprint density at radius 2 is 1.96 bits per heavy atom. The molecule has 24 heavy (non-hydrogen) atoms. The number of halogens is 1. The molecule has 1 aromatic rings. The molecule has 130 valence electrons. The number of allylic oxidation sites excluding steroid dienone is 2. The van der Waals surface area contributed by atoms with E-state index in [0.29, 0.717) is 28.4 Å². The van der Waals surface area contributed by atoms with E-state index < -0.39 is 0 Å². The molecule has 3 rings (SSSR count). The van der Waals surface area contributed by atoms with Crippen LogP contribution in [-0.2, 0) is 4.79 Å². The Hall–Kier alpha value is -2.08. The summed E-state index contributed by atoms with van der Waals surface area (Å²) in [5, 5.41) is 9.44. The number of amides is 1. The van der Waals surface area contributed by atoms with Crippen LogP contribution in [-0.4, -0.2) is 29.0 Å². The van der Waals surface area contributed by atoms with E-state index in [0.717, 1.165) is 31.4 Å². The van der Waals surface area contributed by atoms with Crippen LogP contribution in [0.1, 0.15) is 39.5 Å². The number of rotatable bonds is 5. The van der Waals surface area contributed by atoms with Crippen molar-refractivity contribution in [2.24, 2.45) is 0 Å². The molecule has 0 aliphatic heterocycles. The first-order valence-electron chi connectivity index (χ1n) is 8.36. The Morgan fingerprint density at radius 3 is 2.62 bits per heavy atom. The van der Waals surface area contributed by atoms with Gasteiger partial charge in [-0.2, -0.15) is 4.98 Å². The molecule has 1 aromatic heterocycles. The standard InChI is InChI=1S/C15H18ClN5O.C2H6/c1-17-15-18-8-11(16)13(21-15)20-12-5-3-2-4-10(12)14(22)19-9-6-7-9;1-2/h4-5,8-9H,2-3,6-7H2,1H3,(H,19,22)(H2,17,18,20,21);1-2H3. The van der Waals surface area contributed by atoms with E-state index in [4.69, 9.17) is 11.6 Å². The Morgan fingerprint density at radius 1 is 1.25 bits per heavy atom. The van der Waals surface area contributed by atoms with Crippen LogP contribution in [0.15, 0.2) is 29.6 Å². The lowest BCUT2D eigenvalue weighted by atomic mass is 10.0. The lowest BCUT2D eigenvalue weighted by molar-refractivity contribution is -0.117. The second-order valence-electron chi connectivity index (χ2n) is 5.33. The molecule has 0 saturated heterocycles. The molecule has 1 amide bonds. The van der Waals surface area contributed by atoms with Gasteiger partial charge in [0.25, 0.3) is 5.91 Å². The smallest absolute Gasteiger partial charge is 0.253 e. The molecule has 0 bridgehead atoms. The maximum atomic E-state index is 12.3. The van der Waals surface area contributed by atoms with Crippen LogP contribution >= 0.6 is 11.6 Å². The zero-order valence-electron chi connectivity index (χ0n) is 14.3. The van der Waals surface area contributed by atoms with Gasteiger partial charge in [-0.1, -0.05) is 37.6 Å². The van der Waals surface area contributed by atoms with Crippen LogP contribution in [0, 0.1) is 0 Å². The van der Waals surface area contributed by atoms with Crippen LogP contribution < -0.4 is 16.0 Å². The lowest BCUT2D eigenvalue weighted by Gasteiger charge is -2.18. The molecule has 0 atom stereocenters. The highest BCUT2D eigenvalue weighted by Crippen LogP contribution is 2.27. The van der Waals surface area contributed by atoms with Gasteiger partial charge in [0.2, 0.25) is 5.95 Å². The maximum absolute atomic E-state index is 12.3. The van der Waals surface area contributed by atoms with Crippen molar-refractivity contribution in [3.8, 4) is 0 Å². The van der Waals surface area contributed by atoms with Gasteiger partial charge in [0.15, 0.2) is 5.82 Å². The molecule has 1 saturated carbocycles. The number of aromatic nitrogens is 2. The molecule has 7 heteroatoms. The summed E-state index contributed by atoms with van der Waals surface area (Å²) in [6, 6.07) is 0.329. The number of anilines is 2. The minimum Gasteiger partial charge on any atom is -0.357 e. The van der Waals surface area contributed by atoms with Crippen LogP contribution in [0.5, 0.6) is 0 Å². The van der Waals surface area contributed by atoms with Crippen molar-refractivity contribution in [2.75, 3.05) is 17.7 Å². The predicted molar refractivity (Wildman–Crippen MR) is 98.1 cm³/mol. The van der Waals surface area contributed by atoms with Crippen LogP contribution in [0.4, 0.5) is 11.8 Å². The highest BCUT2D eigenvalue weighted by Gasteiger charge is 2.26. The summed E-state index contributed by atoms with van der Waals surface area (Å²) < 4.78 is 0. The summed E-state index contributed by atoms with van der Waals surface area (Å²) in [5.74, 6) is 0.913. The average Bonchev–Trinajstić information content (AvgIpc) is 3.43.